The lowest BCUT2D eigenvalue weighted by molar-refractivity contribution is -0.136. The molecule has 1 N–H and O–H groups in total. The maximum Gasteiger partial charge on any atom is 0.305 e. The third-order valence-electron chi connectivity index (χ3n) is 2.92. The van der Waals surface area contributed by atoms with Gasteiger partial charge in [-0.2, -0.15) is 0 Å². The van der Waals surface area contributed by atoms with Crippen LogP contribution in [0.3, 0.4) is 0 Å². The summed E-state index contributed by atoms with van der Waals surface area (Å²) in [5.41, 5.74) is 1.00. The molecule has 0 bridgehead atoms. The van der Waals surface area contributed by atoms with Crippen molar-refractivity contribution in [2.24, 2.45) is 5.92 Å². The Kier molecular flexibility index (Phi) is 3.60. The number of anilines is 1. The molecule has 1 heterocycles. The number of carboxylic acid groups (broad SMARTS) is 1. The van der Waals surface area contributed by atoms with Crippen molar-refractivity contribution in [1.29, 1.82) is 0 Å². The smallest absolute Gasteiger partial charge is 0.305 e. The molecule has 5 nitrogen and oxygen atoms in total. The number of nitrogens with zero attached hydrogens (tertiary/aromatic N) is 2. The third kappa shape index (κ3) is 3.06. The summed E-state index contributed by atoms with van der Waals surface area (Å²) in [6.45, 7) is 2.10. The summed E-state index contributed by atoms with van der Waals surface area (Å²) in [6.07, 6.45) is 3.37. The number of aliphatic carboxylic acids is 1. The predicted octanol–water partition coefficient (Wildman–Crippen LogP) is 1.61. The van der Waals surface area contributed by atoms with Gasteiger partial charge in [-0.05, 0) is 37.5 Å². The Labute approximate surface area is 105 Å². The molecule has 1 saturated carbocycles. The summed E-state index contributed by atoms with van der Waals surface area (Å²) < 4.78 is 0. The largest absolute Gasteiger partial charge is 0.481 e. The van der Waals surface area contributed by atoms with Crippen molar-refractivity contribution >= 4 is 17.7 Å². The summed E-state index contributed by atoms with van der Waals surface area (Å²) in [4.78, 5) is 28.4. The lowest BCUT2D eigenvalue weighted by Crippen LogP contribution is -2.34. The molecule has 1 aromatic heterocycles. The van der Waals surface area contributed by atoms with E-state index in [1.54, 1.807) is 6.20 Å². The number of pyridine rings is 1. The van der Waals surface area contributed by atoms with E-state index < -0.39 is 5.97 Å². The molecule has 1 fully saturated rings. The number of carbonyl (C=O) groups is 2. The van der Waals surface area contributed by atoms with Gasteiger partial charge in [-0.3, -0.25) is 14.5 Å². The molecule has 1 aliphatic carbocycles. The van der Waals surface area contributed by atoms with E-state index in [4.69, 9.17) is 5.11 Å². The SMILES string of the molecule is Cc1ccnc(N(CCC(=O)O)C(=O)C2CC2)c1. The number of amides is 1. The first kappa shape index (κ1) is 12.5. The number of aromatic nitrogens is 1. The summed E-state index contributed by atoms with van der Waals surface area (Å²) >= 11 is 0. The second-order valence-corrected chi connectivity index (χ2v) is 4.60. The minimum absolute atomic E-state index is 0.00523. The van der Waals surface area contributed by atoms with Gasteiger partial charge in [0.1, 0.15) is 5.82 Å². The van der Waals surface area contributed by atoms with Crippen molar-refractivity contribution in [2.75, 3.05) is 11.4 Å². The molecule has 0 unspecified atom stereocenters. The highest BCUT2D eigenvalue weighted by Gasteiger charge is 2.34. The van der Waals surface area contributed by atoms with Crippen molar-refractivity contribution in [3.8, 4) is 0 Å². The quantitative estimate of drug-likeness (QED) is 0.859. The lowest BCUT2D eigenvalue weighted by atomic mass is 10.2. The van der Waals surface area contributed by atoms with Gasteiger partial charge in [0.2, 0.25) is 5.91 Å². The molecule has 1 aromatic rings. The Hall–Kier alpha value is -1.91. The van der Waals surface area contributed by atoms with Crippen LogP contribution in [0.4, 0.5) is 5.82 Å². The number of rotatable bonds is 5. The normalized spacial score (nSPS) is 14.3. The average Bonchev–Trinajstić information content (AvgIpc) is 3.12. The van der Waals surface area contributed by atoms with Crippen molar-refractivity contribution in [3.05, 3.63) is 23.9 Å². The topological polar surface area (TPSA) is 70.5 Å². The fourth-order valence-corrected chi connectivity index (χ4v) is 1.76. The number of hydrogen-bond acceptors (Lipinski definition) is 3. The van der Waals surface area contributed by atoms with E-state index in [-0.39, 0.29) is 24.8 Å². The van der Waals surface area contributed by atoms with Gasteiger partial charge in [-0.15, -0.1) is 0 Å². The zero-order valence-corrected chi connectivity index (χ0v) is 10.3. The van der Waals surface area contributed by atoms with Crippen LogP contribution >= 0.6 is 0 Å². The molecular weight excluding hydrogens is 232 g/mol. The van der Waals surface area contributed by atoms with E-state index in [0.29, 0.717) is 5.82 Å². The van der Waals surface area contributed by atoms with Crippen LogP contribution in [0.25, 0.3) is 0 Å². The first-order valence-corrected chi connectivity index (χ1v) is 6.04. The molecule has 0 saturated heterocycles. The van der Waals surface area contributed by atoms with Crippen molar-refractivity contribution in [3.63, 3.8) is 0 Å². The van der Waals surface area contributed by atoms with Crippen LogP contribution in [0.5, 0.6) is 0 Å². The molecule has 5 heteroatoms. The Morgan fingerprint density at radius 1 is 1.50 bits per heavy atom. The van der Waals surface area contributed by atoms with Crippen LogP contribution in [0.1, 0.15) is 24.8 Å². The number of carboxylic acids is 1. The molecule has 0 atom stereocenters. The molecule has 18 heavy (non-hydrogen) atoms. The van der Waals surface area contributed by atoms with E-state index >= 15 is 0 Å². The molecule has 0 aromatic carbocycles. The fourth-order valence-electron chi connectivity index (χ4n) is 1.76. The second kappa shape index (κ2) is 5.16. The maximum absolute atomic E-state index is 12.1. The van der Waals surface area contributed by atoms with Gasteiger partial charge in [0.05, 0.1) is 6.42 Å². The van der Waals surface area contributed by atoms with E-state index in [2.05, 4.69) is 4.98 Å². The molecule has 96 valence electrons. The highest BCUT2D eigenvalue weighted by Crippen LogP contribution is 2.32. The monoisotopic (exact) mass is 248 g/mol. The minimum atomic E-state index is -0.906. The van der Waals surface area contributed by atoms with E-state index in [1.807, 2.05) is 19.1 Å². The van der Waals surface area contributed by atoms with Gasteiger partial charge in [0.15, 0.2) is 0 Å². The van der Waals surface area contributed by atoms with Crippen LogP contribution in [-0.4, -0.2) is 28.5 Å². The zero-order chi connectivity index (χ0) is 13.1. The van der Waals surface area contributed by atoms with Crippen molar-refractivity contribution in [2.45, 2.75) is 26.2 Å². The maximum atomic E-state index is 12.1. The number of aryl methyl sites for hydroxylation is 1. The first-order chi connectivity index (χ1) is 8.58. The highest BCUT2D eigenvalue weighted by atomic mass is 16.4. The second-order valence-electron chi connectivity index (χ2n) is 4.60. The Bertz CT molecular complexity index is 469. The van der Waals surface area contributed by atoms with Crippen LogP contribution in [0.15, 0.2) is 18.3 Å². The lowest BCUT2D eigenvalue weighted by Gasteiger charge is -2.21. The number of carbonyl (C=O) groups excluding carboxylic acids is 1. The fraction of sp³-hybridized carbons (Fsp3) is 0.462. The van der Waals surface area contributed by atoms with Gasteiger partial charge in [0.25, 0.3) is 0 Å². The number of hydrogen-bond donors (Lipinski definition) is 1. The van der Waals surface area contributed by atoms with Gasteiger partial charge in [-0.25, -0.2) is 4.98 Å². The van der Waals surface area contributed by atoms with Crippen LogP contribution in [0.2, 0.25) is 0 Å². The summed E-state index contributed by atoms with van der Waals surface area (Å²) in [5, 5.41) is 8.74. The standard InChI is InChI=1S/C13H16N2O3/c1-9-4-6-14-11(8-9)15(7-5-12(16)17)13(18)10-2-3-10/h4,6,8,10H,2-3,5,7H2,1H3,(H,16,17). The summed E-state index contributed by atoms with van der Waals surface area (Å²) in [5.74, 6) is -0.306. The minimum Gasteiger partial charge on any atom is -0.481 e. The first-order valence-electron chi connectivity index (χ1n) is 6.04. The van der Waals surface area contributed by atoms with E-state index in [9.17, 15) is 9.59 Å². The molecule has 1 amide bonds. The van der Waals surface area contributed by atoms with E-state index in [0.717, 1.165) is 18.4 Å². The van der Waals surface area contributed by atoms with Gasteiger partial charge >= 0.3 is 5.97 Å². The summed E-state index contributed by atoms with van der Waals surface area (Å²) in [7, 11) is 0. The molecule has 0 aliphatic heterocycles. The molecule has 2 rings (SSSR count). The molecule has 0 spiro atoms. The third-order valence-corrected chi connectivity index (χ3v) is 2.92. The van der Waals surface area contributed by atoms with E-state index in [1.165, 1.54) is 4.90 Å². The summed E-state index contributed by atoms with van der Waals surface area (Å²) in [6, 6.07) is 3.66. The zero-order valence-electron chi connectivity index (χ0n) is 10.3. The predicted molar refractivity (Wildman–Crippen MR) is 66.3 cm³/mol. The van der Waals surface area contributed by atoms with Crippen LogP contribution in [0, 0.1) is 12.8 Å². The molecule has 1 aliphatic rings. The Balaban J connectivity index is 2.17. The van der Waals surface area contributed by atoms with Crippen LogP contribution < -0.4 is 4.90 Å². The van der Waals surface area contributed by atoms with Crippen molar-refractivity contribution < 1.29 is 14.7 Å². The molecule has 0 radical (unpaired) electrons. The van der Waals surface area contributed by atoms with Gasteiger partial charge < -0.3 is 5.11 Å². The van der Waals surface area contributed by atoms with Gasteiger partial charge in [0, 0.05) is 18.7 Å². The Morgan fingerprint density at radius 2 is 2.22 bits per heavy atom. The average molecular weight is 248 g/mol. The van der Waals surface area contributed by atoms with Crippen LogP contribution in [-0.2, 0) is 9.59 Å². The molecular formula is C13H16N2O3. The van der Waals surface area contributed by atoms with Crippen molar-refractivity contribution in [1.82, 2.24) is 4.98 Å². The van der Waals surface area contributed by atoms with Gasteiger partial charge in [-0.1, -0.05) is 0 Å². The Morgan fingerprint density at radius 3 is 2.78 bits per heavy atom. The highest BCUT2D eigenvalue weighted by molar-refractivity contribution is 5.96.